The fourth-order valence-electron chi connectivity index (χ4n) is 3.23. The largest absolute Gasteiger partial charge is 0.369 e. The van der Waals surface area contributed by atoms with Crippen molar-refractivity contribution in [2.24, 2.45) is 0 Å². The minimum absolute atomic E-state index is 0.172. The van der Waals surface area contributed by atoms with E-state index < -0.39 is 5.82 Å². The quantitative estimate of drug-likeness (QED) is 0.927. The van der Waals surface area contributed by atoms with E-state index in [1.165, 1.54) is 17.3 Å². The van der Waals surface area contributed by atoms with Crippen LogP contribution in [0.4, 0.5) is 15.8 Å². The normalized spacial score (nSPS) is 16.5. The molecule has 0 aromatic heterocycles. The summed E-state index contributed by atoms with van der Waals surface area (Å²) in [6, 6.07) is 14.3. The van der Waals surface area contributed by atoms with Gasteiger partial charge in [0.25, 0.3) is 0 Å². The molecule has 2 aromatic carbocycles. The second-order valence-electron chi connectivity index (χ2n) is 6.45. The number of piperazine rings is 1. The van der Waals surface area contributed by atoms with Crippen molar-refractivity contribution < 1.29 is 9.18 Å². The second kappa shape index (κ2) is 7.66. The summed E-state index contributed by atoms with van der Waals surface area (Å²) < 4.78 is 13.7. The fourth-order valence-corrected chi connectivity index (χ4v) is 3.23. The lowest BCUT2D eigenvalue weighted by molar-refractivity contribution is -0.120. The zero-order chi connectivity index (χ0) is 17.8. The average Bonchev–Trinajstić information content (AvgIpc) is 2.63. The van der Waals surface area contributed by atoms with Crippen LogP contribution in [0.2, 0.25) is 0 Å². The van der Waals surface area contributed by atoms with E-state index in [1.54, 1.807) is 18.2 Å². The van der Waals surface area contributed by atoms with Gasteiger partial charge in [-0.2, -0.15) is 0 Å². The lowest BCUT2D eigenvalue weighted by Crippen LogP contribution is -2.53. The number of anilines is 2. The van der Waals surface area contributed by atoms with Crippen LogP contribution in [0.5, 0.6) is 0 Å². The molecule has 0 saturated carbocycles. The Morgan fingerprint density at radius 1 is 1.04 bits per heavy atom. The summed E-state index contributed by atoms with van der Waals surface area (Å²) in [5.74, 6) is -0.582. The molecule has 0 bridgehead atoms. The number of hydrogen-bond acceptors (Lipinski definition) is 3. The molecule has 1 aliphatic rings. The topological polar surface area (TPSA) is 35.6 Å². The molecule has 1 atom stereocenters. The van der Waals surface area contributed by atoms with Gasteiger partial charge in [0.05, 0.1) is 11.7 Å². The van der Waals surface area contributed by atoms with Gasteiger partial charge >= 0.3 is 0 Å². The monoisotopic (exact) mass is 341 g/mol. The first-order valence-corrected chi connectivity index (χ1v) is 8.66. The van der Waals surface area contributed by atoms with Crippen LogP contribution in [0, 0.1) is 12.7 Å². The molecule has 0 radical (unpaired) electrons. The van der Waals surface area contributed by atoms with E-state index in [9.17, 15) is 9.18 Å². The Hall–Kier alpha value is -2.40. The predicted octanol–water partition coefficient (Wildman–Crippen LogP) is 3.28. The summed E-state index contributed by atoms with van der Waals surface area (Å²) in [6.45, 7) is 7.36. The van der Waals surface area contributed by atoms with Crippen LogP contribution in [0.1, 0.15) is 12.5 Å². The van der Waals surface area contributed by atoms with Gasteiger partial charge in [-0.05, 0) is 37.6 Å². The van der Waals surface area contributed by atoms with Crippen LogP contribution < -0.4 is 10.2 Å². The summed E-state index contributed by atoms with van der Waals surface area (Å²) in [6.07, 6.45) is 0. The molecule has 25 heavy (non-hydrogen) atoms. The Morgan fingerprint density at radius 3 is 2.36 bits per heavy atom. The van der Waals surface area contributed by atoms with Crippen molar-refractivity contribution in [1.82, 2.24) is 4.90 Å². The van der Waals surface area contributed by atoms with E-state index in [4.69, 9.17) is 0 Å². The lowest BCUT2D eigenvalue weighted by atomic mass is 10.1. The summed E-state index contributed by atoms with van der Waals surface area (Å²) in [5, 5.41) is 2.69. The maximum Gasteiger partial charge on any atom is 0.241 e. The van der Waals surface area contributed by atoms with E-state index in [1.807, 2.05) is 13.0 Å². The van der Waals surface area contributed by atoms with Crippen LogP contribution in [0.25, 0.3) is 0 Å². The molecule has 0 spiro atoms. The highest BCUT2D eigenvalue weighted by molar-refractivity contribution is 5.94. The predicted molar refractivity (Wildman–Crippen MR) is 99.5 cm³/mol. The molecule has 1 N–H and O–H groups in total. The van der Waals surface area contributed by atoms with Gasteiger partial charge in [0.15, 0.2) is 0 Å². The highest BCUT2D eigenvalue weighted by Gasteiger charge is 2.26. The summed E-state index contributed by atoms with van der Waals surface area (Å²) >= 11 is 0. The third-order valence-corrected chi connectivity index (χ3v) is 4.83. The van der Waals surface area contributed by atoms with Crippen molar-refractivity contribution in [1.29, 1.82) is 0 Å². The highest BCUT2D eigenvalue weighted by atomic mass is 19.1. The summed E-state index contributed by atoms with van der Waals surface area (Å²) in [5.41, 5.74) is 2.75. The first-order valence-electron chi connectivity index (χ1n) is 8.66. The summed E-state index contributed by atoms with van der Waals surface area (Å²) in [7, 11) is 0. The molecule has 1 fully saturated rings. The summed E-state index contributed by atoms with van der Waals surface area (Å²) in [4.78, 5) is 16.9. The van der Waals surface area contributed by atoms with E-state index in [2.05, 4.69) is 40.2 Å². The molecule has 132 valence electrons. The first kappa shape index (κ1) is 17.4. The number of nitrogens with one attached hydrogen (secondary N) is 1. The number of nitrogens with zero attached hydrogens (tertiary/aromatic N) is 2. The number of para-hydroxylation sites is 2. The zero-order valence-electron chi connectivity index (χ0n) is 14.7. The Balaban J connectivity index is 1.58. The number of carbonyl (C=O) groups excluding carboxylic acids is 1. The van der Waals surface area contributed by atoms with Crippen molar-refractivity contribution in [3.05, 3.63) is 59.9 Å². The van der Waals surface area contributed by atoms with E-state index in [0.717, 1.165) is 26.2 Å². The minimum atomic E-state index is -0.410. The van der Waals surface area contributed by atoms with Crippen molar-refractivity contribution in [2.45, 2.75) is 19.9 Å². The molecule has 3 rings (SSSR count). The Labute approximate surface area is 148 Å². The van der Waals surface area contributed by atoms with Gasteiger partial charge in [-0.1, -0.05) is 30.3 Å². The van der Waals surface area contributed by atoms with Gasteiger partial charge in [0, 0.05) is 31.9 Å². The number of benzene rings is 2. The third kappa shape index (κ3) is 3.99. The molecule has 4 nitrogen and oxygen atoms in total. The van der Waals surface area contributed by atoms with Crippen LogP contribution in [-0.4, -0.2) is 43.0 Å². The highest BCUT2D eigenvalue weighted by Crippen LogP contribution is 2.21. The molecule has 1 heterocycles. The Kier molecular flexibility index (Phi) is 5.34. The number of hydrogen-bond donors (Lipinski definition) is 1. The van der Waals surface area contributed by atoms with Crippen LogP contribution in [0.3, 0.4) is 0 Å². The molecule has 1 saturated heterocycles. The smallest absolute Gasteiger partial charge is 0.241 e. The van der Waals surface area contributed by atoms with Gasteiger partial charge in [-0.15, -0.1) is 0 Å². The van der Waals surface area contributed by atoms with Crippen molar-refractivity contribution in [3.63, 3.8) is 0 Å². The van der Waals surface area contributed by atoms with E-state index >= 15 is 0 Å². The van der Waals surface area contributed by atoms with Crippen molar-refractivity contribution >= 4 is 17.3 Å². The Bertz CT molecular complexity index is 741. The van der Waals surface area contributed by atoms with Crippen LogP contribution >= 0.6 is 0 Å². The SMILES string of the molecule is Cc1ccccc1N1CCN([C@@H](C)C(=O)Nc2ccccc2F)CC1. The van der Waals surface area contributed by atoms with Crippen molar-refractivity contribution in [3.8, 4) is 0 Å². The fraction of sp³-hybridized carbons (Fsp3) is 0.350. The first-order chi connectivity index (χ1) is 12.1. The van der Waals surface area contributed by atoms with Gasteiger partial charge in [-0.3, -0.25) is 9.69 Å². The number of carbonyl (C=O) groups is 1. The number of rotatable bonds is 4. The third-order valence-electron chi connectivity index (χ3n) is 4.83. The van der Waals surface area contributed by atoms with Crippen molar-refractivity contribution in [2.75, 3.05) is 36.4 Å². The zero-order valence-corrected chi connectivity index (χ0v) is 14.7. The number of amides is 1. The maximum atomic E-state index is 13.7. The number of halogens is 1. The molecular formula is C20H24FN3O. The van der Waals surface area contributed by atoms with Gasteiger partial charge < -0.3 is 10.2 Å². The van der Waals surface area contributed by atoms with Crippen LogP contribution in [0.15, 0.2) is 48.5 Å². The average molecular weight is 341 g/mol. The molecule has 5 heteroatoms. The van der Waals surface area contributed by atoms with Gasteiger partial charge in [-0.25, -0.2) is 4.39 Å². The lowest BCUT2D eigenvalue weighted by Gasteiger charge is -2.39. The molecule has 1 amide bonds. The minimum Gasteiger partial charge on any atom is -0.369 e. The van der Waals surface area contributed by atoms with E-state index in [-0.39, 0.29) is 17.6 Å². The maximum absolute atomic E-state index is 13.7. The van der Waals surface area contributed by atoms with E-state index in [0.29, 0.717) is 0 Å². The van der Waals surface area contributed by atoms with Gasteiger partial charge in [0.2, 0.25) is 5.91 Å². The molecular weight excluding hydrogens is 317 g/mol. The molecule has 0 aliphatic carbocycles. The number of aryl methyl sites for hydroxylation is 1. The van der Waals surface area contributed by atoms with Gasteiger partial charge in [0.1, 0.15) is 5.82 Å². The second-order valence-corrected chi connectivity index (χ2v) is 6.45. The molecule has 0 unspecified atom stereocenters. The Morgan fingerprint density at radius 2 is 1.68 bits per heavy atom. The van der Waals surface area contributed by atoms with Crippen LogP contribution in [-0.2, 0) is 4.79 Å². The molecule has 2 aromatic rings. The molecule has 1 aliphatic heterocycles. The standard InChI is InChI=1S/C20H24FN3O/c1-15-7-3-6-10-19(15)24-13-11-23(12-14-24)16(2)20(25)22-18-9-5-4-8-17(18)21/h3-10,16H,11-14H2,1-2H3,(H,22,25)/t16-/m0/s1.